The molecule has 2 aliphatic heterocycles. The summed E-state index contributed by atoms with van der Waals surface area (Å²) in [6, 6.07) is 12.4. The fourth-order valence-corrected chi connectivity index (χ4v) is 4.14. The maximum Gasteiger partial charge on any atom is 0.316 e. The number of aromatic nitrogens is 2. The van der Waals surface area contributed by atoms with E-state index in [9.17, 15) is 4.79 Å². The van der Waals surface area contributed by atoms with Gasteiger partial charge in [0.05, 0.1) is 12.2 Å². The number of ether oxygens (including phenoxy) is 2. The lowest BCUT2D eigenvalue weighted by molar-refractivity contribution is -0.151. The Labute approximate surface area is 165 Å². The van der Waals surface area contributed by atoms with E-state index in [0.29, 0.717) is 19.0 Å². The largest absolute Gasteiger partial charge is 0.460 e. The third-order valence-electron chi connectivity index (χ3n) is 5.76. The monoisotopic (exact) mass is 381 g/mol. The van der Waals surface area contributed by atoms with Gasteiger partial charge in [-0.2, -0.15) is 0 Å². The molecule has 0 radical (unpaired) electrons. The van der Waals surface area contributed by atoms with Gasteiger partial charge in [-0.3, -0.25) is 4.79 Å². The topological polar surface area (TPSA) is 64.6 Å². The number of carbonyl (C=O) groups excluding carboxylic acids is 1. The number of hydrogen-bond donors (Lipinski definition) is 0. The van der Waals surface area contributed by atoms with Gasteiger partial charge in [0, 0.05) is 44.7 Å². The molecule has 2 aromatic rings. The van der Waals surface area contributed by atoms with Crippen LogP contribution in [0.1, 0.15) is 37.7 Å². The average molecular weight is 381 g/mol. The van der Waals surface area contributed by atoms with E-state index in [4.69, 9.17) is 9.47 Å². The molecular formula is C22H27N3O3. The number of piperidine rings is 1. The number of amides is 1. The highest BCUT2D eigenvalue weighted by Crippen LogP contribution is 2.36. The minimum Gasteiger partial charge on any atom is -0.460 e. The maximum atomic E-state index is 12.6. The van der Waals surface area contributed by atoms with E-state index in [2.05, 4.69) is 22.1 Å². The van der Waals surface area contributed by atoms with Crippen LogP contribution < -0.4 is 4.74 Å². The summed E-state index contributed by atoms with van der Waals surface area (Å²) in [5, 5.41) is 0. The Kier molecular flexibility index (Phi) is 5.86. The van der Waals surface area contributed by atoms with Gasteiger partial charge >= 0.3 is 6.01 Å². The van der Waals surface area contributed by atoms with Gasteiger partial charge in [0.1, 0.15) is 6.10 Å². The lowest BCUT2D eigenvalue weighted by Gasteiger charge is -2.45. The second kappa shape index (κ2) is 8.69. The van der Waals surface area contributed by atoms with Crippen molar-refractivity contribution in [3.63, 3.8) is 0 Å². The highest BCUT2D eigenvalue weighted by Gasteiger charge is 2.42. The van der Waals surface area contributed by atoms with Crippen molar-refractivity contribution in [3.05, 3.63) is 54.4 Å². The van der Waals surface area contributed by atoms with Gasteiger partial charge in [0.2, 0.25) is 5.91 Å². The molecular weight excluding hydrogens is 354 g/mol. The van der Waals surface area contributed by atoms with Gasteiger partial charge in [-0.05, 0) is 30.9 Å². The maximum absolute atomic E-state index is 12.6. The molecule has 2 aliphatic rings. The minimum absolute atomic E-state index is 0.0662. The van der Waals surface area contributed by atoms with Crippen LogP contribution >= 0.6 is 0 Å². The number of hydrogen-bond acceptors (Lipinski definition) is 5. The molecule has 0 aliphatic carbocycles. The van der Waals surface area contributed by atoms with Crippen LogP contribution in [-0.2, 0) is 16.0 Å². The quantitative estimate of drug-likeness (QED) is 0.797. The summed E-state index contributed by atoms with van der Waals surface area (Å²) in [7, 11) is 0. The van der Waals surface area contributed by atoms with Gasteiger partial charge in [-0.15, -0.1) is 0 Å². The van der Waals surface area contributed by atoms with E-state index >= 15 is 0 Å². The van der Waals surface area contributed by atoms with E-state index in [0.717, 1.165) is 45.2 Å². The Hall–Kier alpha value is -2.47. The normalized spacial score (nSPS) is 21.4. The average Bonchev–Trinajstić information content (AvgIpc) is 2.74. The van der Waals surface area contributed by atoms with Crippen molar-refractivity contribution in [1.82, 2.24) is 14.9 Å². The first kappa shape index (κ1) is 18.9. The lowest BCUT2D eigenvalue weighted by atomic mass is 9.83. The van der Waals surface area contributed by atoms with Gasteiger partial charge in [-0.25, -0.2) is 9.97 Å². The predicted octanol–water partition coefficient (Wildman–Crippen LogP) is 3.03. The van der Waals surface area contributed by atoms with Crippen molar-refractivity contribution < 1.29 is 14.3 Å². The van der Waals surface area contributed by atoms with Gasteiger partial charge < -0.3 is 14.4 Å². The van der Waals surface area contributed by atoms with Crippen LogP contribution in [0.2, 0.25) is 0 Å². The fraction of sp³-hybridized carbons (Fsp3) is 0.500. The summed E-state index contributed by atoms with van der Waals surface area (Å²) in [6.07, 6.45) is 8.21. The standard InChI is InChI=1S/C22H27N3O3/c26-20(8-7-18-5-2-1-3-6-18)25-14-10-22(11-15-25)17-19(9-16-27-22)28-21-23-12-4-13-24-21/h1-6,12-13,19H,7-11,14-17H2. The van der Waals surface area contributed by atoms with E-state index < -0.39 is 0 Å². The Morgan fingerprint density at radius 2 is 1.89 bits per heavy atom. The predicted molar refractivity (Wildman–Crippen MR) is 105 cm³/mol. The number of nitrogens with zero attached hydrogens (tertiary/aromatic N) is 3. The zero-order valence-corrected chi connectivity index (χ0v) is 16.1. The smallest absolute Gasteiger partial charge is 0.316 e. The fourth-order valence-electron chi connectivity index (χ4n) is 4.14. The first-order chi connectivity index (χ1) is 13.7. The highest BCUT2D eigenvalue weighted by molar-refractivity contribution is 5.76. The summed E-state index contributed by atoms with van der Waals surface area (Å²) in [4.78, 5) is 22.9. The van der Waals surface area contributed by atoms with Gasteiger partial charge in [0.15, 0.2) is 0 Å². The molecule has 1 spiro atoms. The first-order valence-electron chi connectivity index (χ1n) is 10.1. The molecule has 1 atom stereocenters. The Morgan fingerprint density at radius 3 is 2.64 bits per heavy atom. The molecule has 6 nitrogen and oxygen atoms in total. The summed E-state index contributed by atoms with van der Waals surface area (Å²) >= 11 is 0. The SMILES string of the molecule is O=C(CCc1ccccc1)N1CCC2(CC1)CC(Oc1ncccn1)CCO2. The van der Waals surface area contributed by atoms with Crippen LogP contribution in [0.4, 0.5) is 0 Å². The van der Waals surface area contributed by atoms with Crippen molar-refractivity contribution in [3.8, 4) is 6.01 Å². The molecule has 1 aromatic carbocycles. The van der Waals surface area contributed by atoms with Crippen molar-refractivity contribution in [2.75, 3.05) is 19.7 Å². The van der Waals surface area contributed by atoms with Gasteiger partial charge in [0.25, 0.3) is 0 Å². The number of likely N-dealkylation sites (tertiary alicyclic amines) is 1. The van der Waals surface area contributed by atoms with Crippen LogP contribution in [0.15, 0.2) is 48.8 Å². The molecule has 0 N–H and O–H groups in total. The summed E-state index contributed by atoms with van der Waals surface area (Å²) in [5.41, 5.74) is 1.02. The molecule has 3 heterocycles. The zero-order chi connectivity index (χ0) is 19.2. The number of rotatable bonds is 5. The van der Waals surface area contributed by atoms with Crippen LogP contribution in [0.25, 0.3) is 0 Å². The van der Waals surface area contributed by atoms with Gasteiger partial charge in [-0.1, -0.05) is 30.3 Å². The van der Waals surface area contributed by atoms with Crippen molar-refractivity contribution in [1.29, 1.82) is 0 Å². The Balaban J connectivity index is 1.27. The molecule has 0 saturated carbocycles. The molecule has 2 fully saturated rings. The molecule has 4 rings (SSSR count). The highest BCUT2D eigenvalue weighted by atomic mass is 16.5. The van der Waals surface area contributed by atoms with E-state index in [1.165, 1.54) is 5.56 Å². The molecule has 1 unspecified atom stereocenters. The zero-order valence-electron chi connectivity index (χ0n) is 16.1. The van der Waals surface area contributed by atoms with Crippen LogP contribution in [-0.4, -0.2) is 52.2 Å². The first-order valence-corrected chi connectivity index (χ1v) is 10.1. The molecule has 148 valence electrons. The molecule has 1 amide bonds. The minimum atomic E-state index is -0.187. The second-order valence-corrected chi connectivity index (χ2v) is 7.66. The van der Waals surface area contributed by atoms with E-state index in [1.54, 1.807) is 18.5 Å². The second-order valence-electron chi connectivity index (χ2n) is 7.66. The van der Waals surface area contributed by atoms with E-state index in [1.807, 2.05) is 23.1 Å². The summed E-state index contributed by atoms with van der Waals surface area (Å²) in [6.45, 7) is 2.18. The summed E-state index contributed by atoms with van der Waals surface area (Å²) < 4.78 is 12.1. The molecule has 2 saturated heterocycles. The van der Waals surface area contributed by atoms with Crippen molar-refractivity contribution in [2.45, 2.75) is 50.2 Å². The molecule has 6 heteroatoms. The third kappa shape index (κ3) is 4.68. The van der Waals surface area contributed by atoms with Crippen LogP contribution in [0.5, 0.6) is 6.01 Å². The molecule has 28 heavy (non-hydrogen) atoms. The van der Waals surface area contributed by atoms with E-state index in [-0.39, 0.29) is 17.6 Å². The number of carbonyl (C=O) groups is 1. The van der Waals surface area contributed by atoms with Crippen molar-refractivity contribution >= 4 is 5.91 Å². The lowest BCUT2D eigenvalue weighted by Crippen LogP contribution is -2.52. The Morgan fingerprint density at radius 1 is 1.14 bits per heavy atom. The molecule has 0 bridgehead atoms. The van der Waals surface area contributed by atoms with Crippen LogP contribution in [0.3, 0.4) is 0 Å². The third-order valence-corrected chi connectivity index (χ3v) is 5.76. The van der Waals surface area contributed by atoms with Crippen LogP contribution in [0, 0.1) is 0 Å². The van der Waals surface area contributed by atoms with Crippen molar-refractivity contribution in [2.24, 2.45) is 0 Å². The molecule has 1 aromatic heterocycles. The Bertz CT molecular complexity index is 761. The summed E-state index contributed by atoms with van der Waals surface area (Å²) in [5.74, 6) is 0.236. The number of aryl methyl sites for hydroxylation is 1. The number of benzene rings is 1.